The van der Waals surface area contributed by atoms with Gasteiger partial charge in [-0.3, -0.25) is 9.59 Å². The van der Waals surface area contributed by atoms with Crippen LogP contribution in [-0.2, 0) is 4.79 Å². The maximum absolute atomic E-state index is 12.2. The molecule has 0 aliphatic rings. The molecule has 26 heavy (non-hydrogen) atoms. The highest BCUT2D eigenvalue weighted by atomic mass is 19.4. The molecule has 0 aliphatic heterocycles. The Morgan fingerprint density at radius 3 is 2.42 bits per heavy atom. The molecule has 0 aliphatic carbocycles. The van der Waals surface area contributed by atoms with E-state index in [0.29, 0.717) is 0 Å². The summed E-state index contributed by atoms with van der Waals surface area (Å²) in [6, 6.07) is 13.6. The summed E-state index contributed by atoms with van der Waals surface area (Å²) in [5.74, 6) is -1.61. The van der Waals surface area contributed by atoms with E-state index in [0.717, 1.165) is 17.7 Å². The van der Waals surface area contributed by atoms with Crippen molar-refractivity contribution in [2.45, 2.75) is 19.3 Å². The maximum Gasteiger partial charge on any atom is 0.573 e. The van der Waals surface area contributed by atoms with E-state index < -0.39 is 23.9 Å². The quantitative estimate of drug-likeness (QED) is 0.825. The van der Waals surface area contributed by atoms with Gasteiger partial charge in [0.05, 0.1) is 12.6 Å². The highest BCUT2D eigenvalue weighted by Crippen LogP contribution is 2.23. The lowest BCUT2D eigenvalue weighted by Gasteiger charge is -2.14. The van der Waals surface area contributed by atoms with E-state index in [-0.39, 0.29) is 18.2 Å². The van der Waals surface area contributed by atoms with Crippen LogP contribution in [0, 0.1) is 0 Å². The molecule has 0 aromatic heterocycles. The fourth-order valence-corrected chi connectivity index (χ4v) is 2.21. The van der Waals surface area contributed by atoms with Crippen LogP contribution in [0.15, 0.2) is 54.6 Å². The largest absolute Gasteiger partial charge is 0.573 e. The molecule has 5 nitrogen and oxygen atoms in total. The van der Waals surface area contributed by atoms with Gasteiger partial charge >= 0.3 is 6.36 Å². The van der Waals surface area contributed by atoms with E-state index in [9.17, 15) is 22.8 Å². The van der Waals surface area contributed by atoms with Crippen molar-refractivity contribution < 1.29 is 27.5 Å². The van der Waals surface area contributed by atoms with Crippen molar-refractivity contribution in [1.82, 2.24) is 10.6 Å². The second-order valence-corrected chi connectivity index (χ2v) is 5.46. The predicted molar refractivity (Wildman–Crippen MR) is 88.5 cm³/mol. The first-order chi connectivity index (χ1) is 12.2. The molecule has 8 heteroatoms. The first-order valence-corrected chi connectivity index (χ1v) is 7.73. The van der Waals surface area contributed by atoms with Crippen molar-refractivity contribution >= 4 is 11.8 Å². The predicted octanol–water partition coefficient (Wildman–Crippen LogP) is 3.19. The van der Waals surface area contributed by atoms with Crippen molar-refractivity contribution in [2.24, 2.45) is 0 Å². The molecule has 0 bridgehead atoms. The van der Waals surface area contributed by atoms with Gasteiger partial charge in [-0.1, -0.05) is 36.4 Å². The number of carbonyl (C=O) groups is 2. The molecule has 2 aromatic rings. The minimum absolute atomic E-state index is 0.0457. The zero-order chi connectivity index (χ0) is 19.2. The molecule has 2 N–H and O–H groups in total. The number of hydrogen-bond acceptors (Lipinski definition) is 3. The number of hydrogen-bond donors (Lipinski definition) is 2. The summed E-state index contributed by atoms with van der Waals surface area (Å²) >= 11 is 0. The van der Waals surface area contributed by atoms with Gasteiger partial charge in [0.25, 0.3) is 5.91 Å². The van der Waals surface area contributed by atoms with E-state index >= 15 is 0 Å². The van der Waals surface area contributed by atoms with E-state index in [4.69, 9.17) is 0 Å². The molecule has 0 heterocycles. The summed E-state index contributed by atoms with van der Waals surface area (Å²) in [5.41, 5.74) is 0.861. The summed E-state index contributed by atoms with van der Waals surface area (Å²) in [5, 5.41) is 5.08. The molecule has 0 unspecified atom stereocenters. The van der Waals surface area contributed by atoms with Crippen LogP contribution in [-0.4, -0.2) is 24.7 Å². The molecule has 0 saturated carbocycles. The maximum atomic E-state index is 12.2. The molecule has 2 rings (SSSR count). The number of ether oxygens (including phenoxy) is 1. The number of nitrogens with one attached hydrogen (secondary N) is 2. The minimum Gasteiger partial charge on any atom is -0.406 e. The summed E-state index contributed by atoms with van der Waals surface area (Å²) in [6.45, 7) is 1.49. The Hall–Kier alpha value is -3.03. The highest BCUT2D eigenvalue weighted by Gasteiger charge is 2.31. The Balaban J connectivity index is 1.88. The molecule has 2 amide bonds. The van der Waals surface area contributed by atoms with Gasteiger partial charge in [0, 0.05) is 5.56 Å². The normalized spacial score (nSPS) is 12.2. The minimum atomic E-state index is -4.84. The van der Waals surface area contributed by atoms with Crippen molar-refractivity contribution in [1.29, 1.82) is 0 Å². The summed E-state index contributed by atoms with van der Waals surface area (Å²) < 4.78 is 40.4. The fraction of sp³-hybridized carbons (Fsp3) is 0.222. The lowest BCUT2D eigenvalue weighted by molar-refractivity contribution is -0.274. The number of rotatable bonds is 6. The van der Waals surface area contributed by atoms with Crippen molar-refractivity contribution in [3.63, 3.8) is 0 Å². The molecule has 0 spiro atoms. The average Bonchev–Trinajstić information content (AvgIpc) is 2.59. The second kappa shape index (κ2) is 8.37. The lowest BCUT2D eigenvalue weighted by atomic mass is 10.1. The van der Waals surface area contributed by atoms with Gasteiger partial charge in [0.15, 0.2) is 0 Å². The molecule has 2 aromatic carbocycles. The lowest BCUT2D eigenvalue weighted by Crippen LogP contribution is -2.38. The summed E-state index contributed by atoms with van der Waals surface area (Å²) in [4.78, 5) is 23.9. The van der Waals surface area contributed by atoms with E-state index in [1.165, 1.54) is 12.1 Å². The topological polar surface area (TPSA) is 67.4 Å². The molecular weight excluding hydrogens is 349 g/mol. The third kappa shape index (κ3) is 6.12. The third-order valence-corrected chi connectivity index (χ3v) is 3.42. The van der Waals surface area contributed by atoms with Crippen LogP contribution in [0.3, 0.4) is 0 Å². The molecule has 0 fully saturated rings. The number of benzene rings is 2. The Bertz CT molecular complexity index is 764. The third-order valence-electron chi connectivity index (χ3n) is 3.42. The van der Waals surface area contributed by atoms with Crippen molar-refractivity contribution in [2.75, 3.05) is 6.54 Å². The molecule has 1 atom stereocenters. The molecule has 138 valence electrons. The number of alkyl halides is 3. The number of carbonyl (C=O) groups excluding carboxylic acids is 2. The monoisotopic (exact) mass is 366 g/mol. The zero-order valence-corrected chi connectivity index (χ0v) is 13.8. The second-order valence-electron chi connectivity index (χ2n) is 5.46. The van der Waals surface area contributed by atoms with Crippen LogP contribution in [0.2, 0.25) is 0 Å². The van der Waals surface area contributed by atoms with Crippen molar-refractivity contribution in [3.05, 3.63) is 65.7 Å². The summed E-state index contributed by atoms with van der Waals surface area (Å²) in [6.07, 6.45) is -4.84. The van der Waals surface area contributed by atoms with Gasteiger partial charge in [-0.2, -0.15) is 0 Å². The SMILES string of the molecule is C[C@H](NC(=O)CNC(=O)c1cccc(OC(F)(F)F)c1)c1ccccc1. The van der Waals surface area contributed by atoms with Crippen molar-refractivity contribution in [3.8, 4) is 5.75 Å². The van der Waals surface area contributed by atoms with Crippen LogP contribution in [0.25, 0.3) is 0 Å². The standard InChI is InChI=1S/C18H17F3N2O3/c1-12(13-6-3-2-4-7-13)23-16(24)11-22-17(25)14-8-5-9-15(10-14)26-18(19,20)21/h2-10,12H,11H2,1H3,(H,22,25)(H,23,24)/t12-/m0/s1. The smallest absolute Gasteiger partial charge is 0.406 e. The summed E-state index contributed by atoms with van der Waals surface area (Å²) in [7, 11) is 0. The van der Waals surface area contributed by atoms with Crippen LogP contribution in [0.1, 0.15) is 28.9 Å². The molecule has 0 radical (unpaired) electrons. The Morgan fingerprint density at radius 1 is 1.08 bits per heavy atom. The van der Waals surface area contributed by atoms with Crippen LogP contribution < -0.4 is 15.4 Å². The average molecular weight is 366 g/mol. The Morgan fingerprint density at radius 2 is 1.77 bits per heavy atom. The Kier molecular flexibility index (Phi) is 6.21. The number of halogens is 3. The first-order valence-electron chi connectivity index (χ1n) is 7.73. The van der Waals surface area contributed by atoms with Crippen LogP contribution in [0.5, 0.6) is 5.75 Å². The van der Waals surface area contributed by atoms with Gasteiger partial charge in [0.2, 0.25) is 5.91 Å². The van der Waals surface area contributed by atoms with Crippen LogP contribution in [0.4, 0.5) is 13.2 Å². The molecular formula is C18H17F3N2O3. The zero-order valence-electron chi connectivity index (χ0n) is 13.8. The highest BCUT2D eigenvalue weighted by molar-refractivity contribution is 5.96. The Labute approximate surface area is 148 Å². The van der Waals surface area contributed by atoms with Gasteiger partial charge in [0.1, 0.15) is 5.75 Å². The first kappa shape index (κ1) is 19.3. The number of amides is 2. The van der Waals surface area contributed by atoms with E-state index in [1.54, 1.807) is 6.92 Å². The van der Waals surface area contributed by atoms with Gasteiger partial charge in [-0.05, 0) is 30.7 Å². The van der Waals surface area contributed by atoms with Gasteiger partial charge in [-0.15, -0.1) is 13.2 Å². The van der Waals surface area contributed by atoms with Gasteiger partial charge < -0.3 is 15.4 Å². The fourth-order valence-electron chi connectivity index (χ4n) is 2.21. The molecule has 0 saturated heterocycles. The van der Waals surface area contributed by atoms with E-state index in [2.05, 4.69) is 15.4 Å². The van der Waals surface area contributed by atoms with E-state index in [1.807, 2.05) is 30.3 Å². The van der Waals surface area contributed by atoms with Gasteiger partial charge in [-0.25, -0.2) is 0 Å². The van der Waals surface area contributed by atoms with Crippen LogP contribution >= 0.6 is 0 Å².